The summed E-state index contributed by atoms with van der Waals surface area (Å²) in [6.45, 7) is 0.0940. The van der Waals surface area contributed by atoms with Crippen molar-refractivity contribution >= 4 is 10.0 Å². The van der Waals surface area contributed by atoms with Gasteiger partial charge in [-0.25, -0.2) is 17.9 Å². The van der Waals surface area contributed by atoms with E-state index in [9.17, 15) is 17.2 Å². The standard InChI is InChI=1S/C13H12F2N2O3S/c14-12-10(3-4-11(13(12)15)21(16,18)19)20-7-5-9-2-1-6-17-8-9/h1-4,6,8H,5,7H2,(H2,16,18,19). The van der Waals surface area contributed by atoms with Gasteiger partial charge in [0, 0.05) is 18.8 Å². The van der Waals surface area contributed by atoms with Gasteiger partial charge < -0.3 is 4.74 Å². The summed E-state index contributed by atoms with van der Waals surface area (Å²) in [5.74, 6) is -3.30. The molecule has 0 radical (unpaired) electrons. The number of primary sulfonamides is 1. The maximum atomic E-state index is 13.7. The van der Waals surface area contributed by atoms with Crippen LogP contribution in [0.25, 0.3) is 0 Å². The number of aromatic nitrogens is 1. The summed E-state index contributed by atoms with van der Waals surface area (Å²) in [6.07, 6.45) is 3.70. The van der Waals surface area contributed by atoms with Crippen LogP contribution in [0.2, 0.25) is 0 Å². The van der Waals surface area contributed by atoms with E-state index in [1.165, 1.54) is 0 Å². The second-order valence-electron chi connectivity index (χ2n) is 4.19. The molecule has 0 saturated heterocycles. The third-order valence-electron chi connectivity index (χ3n) is 2.69. The van der Waals surface area contributed by atoms with Gasteiger partial charge >= 0.3 is 0 Å². The molecule has 1 aromatic carbocycles. The summed E-state index contributed by atoms with van der Waals surface area (Å²) in [6, 6.07) is 5.46. The van der Waals surface area contributed by atoms with Crippen LogP contribution in [0.5, 0.6) is 5.75 Å². The first kappa shape index (κ1) is 15.3. The van der Waals surface area contributed by atoms with E-state index in [1.807, 2.05) is 6.07 Å². The fraction of sp³-hybridized carbons (Fsp3) is 0.154. The molecule has 2 rings (SSSR count). The largest absolute Gasteiger partial charge is 0.490 e. The predicted molar refractivity (Wildman–Crippen MR) is 71.2 cm³/mol. The number of benzene rings is 1. The molecule has 0 aliphatic carbocycles. The first-order chi connectivity index (χ1) is 9.89. The van der Waals surface area contributed by atoms with Gasteiger partial charge in [-0.05, 0) is 23.8 Å². The van der Waals surface area contributed by atoms with Gasteiger partial charge in [-0.15, -0.1) is 0 Å². The second kappa shape index (κ2) is 6.15. The summed E-state index contributed by atoms with van der Waals surface area (Å²) in [7, 11) is -4.32. The van der Waals surface area contributed by atoms with Crippen LogP contribution in [-0.2, 0) is 16.4 Å². The second-order valence-corrected chi connectivity index (χ2v) is 5.72. The summed E-state index contributed by atoms with van der Waals surface area (Å²) in [5, 5.41) is 4.77. The van der Waals surface area contributed by atoms with Gasteiger partial charge in [-0.2, -0.15) is 4.39 Å². The number of rotatable bonds is 5. The van der Waals surface area contributed by atoms with Crippen LogP contribution in [-0.4, -0.2) is 20.0 Å². The van der Waals surface area contributed by atoms with Crippen LogP contribution >= 0.6 is 0 Å². The van der Waals surface area contributed by atoms with E-state index < -0.39 is 26.6 Å². The molecule has 112 valence electrons. The smallest absolute Gasteiger partial charge is 0.241 e. The van der Waals surface area contributed by atoms with Crippen LogP contribution in [0.4, 0.5) is 8.78 Å². The lowest BCUT2D eigenvalue weighted by Crippen LogP contribution is -2.15. The number of pyridine rings is 1. The Balaban J connectivity index is 2.10. The first-order valence-electron chi connectivity index (χ1n) is 5.92. The Morgan fingerprint density at radius 3 is 2.57 bits per heavy atom. The highest BCUT2D eigenvalue weighted by Gasteiger charge is 2.21. The average molecular weight is 314 g/mol. The molecule has 1 aromatic heterocycles. The molecule has 0 bridgehead atoms. The Morgan fingerprint density at radius 1 is 1.19 bits per heavy atom. The third kappa shape index (κ3) is 3.73. The van der Waals surface area contributed by atoms with Crippen molar-refractivity contribution in [3.05, 3.63) is 53.9 Å². The number of ether oxygens (including phenoxy) is 1. The van der Waals surface area contributed by atoms with Crippen molar-refractivity contribution in [2.24, 2.45) is 5.14 Å². The Bertz CT molecular complexity index is 737. The Morgan fingerprint density at radius 2 is 1.95 bits per heavy atom. The van der Waals surface area contributed by atoms with Crippen LogP contribution < -0.4 is 9.88 Å². The maximum Gasteiger partial charge on any atom is 0.241 e. The van der Waals surface area contributed by atoms with E-state index in [0.717, 1.165) is 17.7 Å². The highest BCUT2D eigenvalue weighted by atomic mass is 32.2. The number of nitrogens with zero attached hydrogens (tertiary/aromatic N) is 1. The van der Waals surface area contributed by atoms with E-state index in [2.05, 4.69) is 4.98 Å². The first-order valence-corrected chi connectivity index (χ1v) is 7.46. The molecule has 2 N–H and O–H groups in total. The van der Waals surface area contributed by atoms with Crippen molar-refractivity contribution in [3.8, 4) is 5.75 Å². The number of nitrogens with two attached hydrogens (primary N) is 1. The molecule has 2 aromatic rings. The van der Waals surface area contributed by atoms with Gasteiger partial charge in [0.25, 0.3) is 0 Å². The van der Waals surface area contributed by atoms with Crippen molar-refractivity contribution in [2.45, 2.75) is 11.3 Å². The van der Waals surface area contributed by atoms with Crippen molar-refractivity contribution in [1.29, 1.82) is 0 Å². The number of halogens is 2. The fourth-order valence-corrected chi connectivity index (χ4v) is 2.27. The van der Waals surface area contributed by atoms with E-state index in [4.69, 9.17) is 9.88 Å². The highest BCUT2D eigenvalue weighted by molar-refractivity contribution is 7.89. The van der Waals surface area contributed by atoms with Crippen LogP contribution in [0.15, 0.2) is 41.6 Å². The molecular formula is C13H12F2N2O3S. The summed E-state index contributed by atoms with van der Waals surface area (Å²) < 4.78 is 54.5. The van der Waals surface area contributed by atoms with E-state index in [-0.39, 0.29) is 12.4 Å². The lowest BCUT2D eigenvalue weighted by atomic mass is 10.2. The van der Waals surface area contributed by atoms with E-state index in [1.54, 1.807) is 18.5 Å². The minimum Gasteiger partial charge on any atom is -0.490 e. The zero-order valence-electron chi connectivity index (χ0n) is 10.8. The summed E-state index contributed by atoms with van der Waals surface area (Å²) in [5.41, 5.74) is 0.875. The molecule has 0 atom stereocenters. The predicted octanol–water partition coefficient (Wildman–Crippen LogP) is 1.63. The lowest BCUT2D eigenvalue weighted by Gasteiger charge is -2.09. The fourth-order valence-electron chi connectivity index (χ4n) is 1.67. The maximum absolute atomic E-state index is 13.7. The molecule has 0 spiro atoms. The SMILES string of the molecule is NS(=O)(=O)c1ccc(OCCc2cccnc2)c(F)c1F. The van der Waals surface area contributed by atoms with Crippen molar-refractivity contribution in [2.75, 3.05) is 6.61 Å². The van der Waals surface area contributed by atoms with Crippen LogP contribution in [0.3, 0.4) is 0 Å². The van der Waals surface area contributed by atoms with Gasteiger partial charge in [0.2, 0.25) is 15.8 Å². The molecule has 0 aliphatic rings. The minimum absolute atomic E-state index is 0.0940. The molecule has 8 heteroatoms. The molecule has 0 aliphatic heterocycles. The normalized spacial score (nSPS) is 11.4. The van der Waals surface area contributed by atoms with Crippen LogP contribution in [0.1, 0.15) is 5.56 Å². The minimum atomic E-state index is -4.32. The van der Waals surface area contributed by atoms with E-state index >= 15 is 0 Å². The van der Waals surface area contributed by atoms with E-state index in [0.29, 0.717) is 6.42 Å². The average Bonchev–Trinajstić information content (AvgIpc) is 2.43. The van der Waals surface area contributed by atoms with Gasteiger partial charge in [-0.1, -0.05) is 6.07 Å². The Hall–Kier alpha value is -2.06. The zero-order chi connectivity index (χ0) is 15.5. The van der Waals surface area contributed by atoms with Gasteiger partial charge in [-0.3, -0.25) is 4.98 Å². The number of sulfonamides is 1. The van der Waals surface area contributed by atoms with Gasteiger partial charge in [0.15, 0.2) is 11.6 Å². The highest BCUT2D eigenvalue weighted by Crippen LogP contribution is 2.25. The quantitative estimate of drug-likeness (QED) is 0.909. The summed E-state index contributed by atoms with van der Waals surface area (Å²) in [4.78, 5) is 3.01. The molecule has 0 amide bonds. The van der Waals surface area contributed by atoms with Gasteiger partial charge in [0.1, 0.15) is 4.90 Å². The van der Waals surface area contributed by atoms with Crippen molar-refractivity contribution in [1.82, 2.24) is 4.98 Å². The number of hydrogen-bond donors (Lipinski definition) is 1. The van der Waals surface area contributed by atoms with Crippen molar-refractivity contribution < 1.29 is 21.9 Å². The molecule has 21 heavy (non-hydrogen) atoms. The Labute approximate surface area is 120 Å². The van der Waals surface area contributed by atoms with Crippen LogP contribution in [0, 0.1) is 11.6 Å². The molecular weight excluding hydrogens is 302 g/mol. The molecule has 1 heterocycles. The summed E-state index contributed by atoms with van der Waals surface area (Å²) >= 11 is 0. The van der Waals surface area contributed by atoms with Gasteiger partial charge in [0.05, 0.1) is 6.61 Å². The monoisotopic (exact) mass is 314 g/mol. The molecule has 0 fully saturated rings. The molecule has 0 saturated carbocycles. The lowest BCUT2D eigenvalue weighted by molar-refractivity contribution is 0.297. The van der Waals surface area contributed by atoms with Crippen molar-refractivity contribution in [3.63, 3.8) is 0 Å². The number of hydrogen-bond acceptors (Lipinski definition) is 4. The Kier molecular flexibility index (Phi) is 4.49. The molecule has 0 unspecified atom stereocenters. The molecule has 5 nitrogen and oxygen atoms in total. The topological polar surface area (TPSA) is 82.3 Å². The third-order valence-corrected chi connectivity index (χ3v) is 3.62. The zero-order valence-corrected chi connectivity index (χ0v) is 11.6.